The first-order valence-electron chi connectivity index (χ1n) is 2.39. The van der Waals surface area contributed by atoms with Crippen molar-refractivity contribution < 1.29 is 14.3 Å². The zero-order chi connectivity index (χ0) is 6.62. The highest BCUT2D eigenvalue weighted by Crippen LogP contribution is 2.34. The van der Waals surface area contributed by atoms with Crippen LogP contribution in [0.15, 0.2) is 0 Å². The summed E-state index contributed by atoms with van der Waals surface area (Å²) in [5, 5.41) is 0. The Balaban J connectivity index is 3.26. The fraction of sp³-hybridized carbons (Fsp3) is 0.750. The quantitative estimate of drug-likeness (QED) is 0.561. The third-order valence-corrected chi connectivity index (χ3v) is 1.10. The van der Waals surface area contributed by atoms with Crippen LogP contribution >= 0.6 is 7.57 Å². The Bertz CT molecular complexity index is 95.5. The lowest BCUT2D eigenvalue weighted by atomic mass is 10.5. The lowest BCUT2D eigenvalue weighted by Crippen LogP contribution is -1.88. The van der Waals surface area contributed by atoms with Gasteiger partial charge >= 0.3 is 0 Å². The molecule has 8 heavy (non-hydrogen) atoms. The molecule has 0 spiro atoms. The van der Waals surface area contributed by atoms with Gasteiger partial charge in [0, 0.05) is 0 Å². The smallest absolute Gasteiger partial charge is 0.245 e. The van der Waals surface area contributed by atoms with Gasteiger partial charge in [0.25, 0.3) is 0 Å². The summed E-state index contributed by atoms with van der Waals surface area (Å²) in [6.45, 7) is 2.25. The molecule has 0 heterocycles. The summed E-state index contributed by atoms with van der Waals surface area (Å²) in [4.78, 5) is 17.0. The number of hydrogen-bond donors (Lipinski definition) is 2. The number of hydrogen-bond acceptors (Lipinski definition) is 3. The van der Waals surface area contributed by atoms with Gasteiger partial charge in [-0.2, -0.15) is 0 Å². The molecular weight excluding hydrogens is 127 g/mol. The average molecular weight is 138 g/mol. The Morgan fingerprint density at radius 3 is 2.25 bits per heavy atom. The predicted octanol–water partition coefficient (Wildman–Crippen LogP) is 0.592. The maximum absolute atomic E-state index is 8.48. The number of rotatable bonds is 3. The summed E-state index contributed by atoms with van der Waals surface area (Å²) >= 11 is 0. The topological polar surface area (TPSA) is 49.7 Å². The lowest BCUT2D eigenvalue weighted by molar-refractivity contribution is 0.250. The molecule has 0 aromatic heterocycles. The van der Waals surface area contributed by atoms with Gasteiger partial charge in [-0.25, -0.2) is 0 Å². The third-order valence-electron chi connectivity index (χ3n) is 0.502. The van der Waals surface area contributed by atoms with Crippen LogP contribution in [0.25, 0.3) is 0 Å². The molecule has 0 fully saturated rings. The normalized spacial score (nSPS) is 11.9. The molecule has 0 unspecified atom stereocenters. The van der Waals surface area contributed by atoms with Crippen molar-refractivity contribution in [1.82, 2.24) is 0 Å². The zero-order valence-corrected chi connectivity index (χ0v) is 5.77. The van der Waals surface area contributed by atoms with Crippen molar-refractivity contribution in [2.45, 2.75) is 13.3 Å². The molecule has 0 aromatic carbocycles. The van der Waals surface area contributed by atoms with Crippen molar-refractivity contribution >= 4 is 13.9 Å². The van der Waals surface area contributed by atoms with E-state index in [-0.39, 0.29) is 0 Å². The average Bonchev–Trinajstić information content (AvgIpc) is 1.59. The molecule has 0 bridgehead atoms. The van der Waals surface area contributed by atoms with Gasteiger partial charge in [0.15, 0.2) is 0 Å². The van der Waals surface area contributed by atoms with Crippen molar-refractivity contribution in [3.8, 4) is 0 Å². The molecule has 50 valence electrons. The van der Waals surface area contributed by atoms with Crippen LogP contribution < -0.4 is 0 Å². The fourth-order valence-corrected chi connectivity index (χ4v) is 0.712. The summed E-state index contributed by atoms with van der Waals surface area (Å²) in [5.41, 5.74) is 0. The van der Waals surface area contributed by atoms with E-state index in [0.717, 1.165) is 6.42 Å². The van der Waals surface area contributed by atoms with Crippen molar-refractivity contribution in [2.75, 3.05) is 6.61 Å². The first kappa shape index (κ1) is 8.18. The highest BCUT2D eigenvalue weighted by molar-refractivity contribution is 7.57. The van der Waals surface area contributed by atoms with Crippen LogP contribution in [0.3, 0.4) is 0 Å². The van der Waals surface area contributed by atoms with Crippen molar-refractivity contribution in [2.24, 2.45) is 0 Å². The fourth-order valence-electron chi connectivity index (χ4n) is 0.237. The molecule has 2 N–H and O–H groups in total. The summed E-state index contributed by atoms with van der Waals surface area (Å²) in [5.74, 6) is 0. The second-order valence-electron chi connectivity index (χ2n) is 1.50. The van der Waals surface area contributed by atoms with E-state index in [1.807, 2.05) is 6.92 Å². The Kier molecular flexibility index (Phi) is 3.33. The van der Waals surface area contributed by atoms with E-state index < -0.39 is 7.57 Å². The Hall–Kier alpha value is 0.180. The Morgan fingerprint density at radius 1 is 1.62 bits per heavy atom. The largest absolute Gasteiger partial charge is 0.333 e. The first-order valence-corrected chi connectivity index (χ1v) is 4.19. The maximum Gasteiger partial charge on any atom is 0.245 e. The molecule has 0 aliphatic carbocycles. The molecule has 0 amide bonds. The van der Waals surface area contributed by atoms with Crippen molar-refractivity contribution in [1.29, 1.82) is 0 Å². The standard InChI is InChI=1S/C4H11O3P/c1-3-4-7-8(2,5)6/h5-6H,2-4H2,1H3. The first-order chi connectivity index (χ1) is 3.56. The van der Waals surface area contributed by atoms with E-state index in [4.69, 9.17) is 9.79 Å². The van der Waals surface area contributed by atoms with E-state index in [1.54, 1.807) is 0 Å². The Labute approximate surface area is 49.1 Å². The monoisotopic (exact) mass is 138 g/mol. The molecule has 0 saturated heterocycles. The van der Waals surface area contributed by atoms with Gasteiger partial charge in [-0.15, -0.1) is 0 Å². The lowest BCUT2D eigenvalue weighted by Gasteiger charge is -2.07. The van der Waals surface area contributed by atoms with Gasteiger partial charge in [0.1, 0.15) is 0 Å². The van der Waals surface area contributed by atoms with Crippen LogP contribution in [-0.2, 0) is 4.52 Å². The van der Waals surface area contributed by atoms with Crippen LogP contribution in [0.4, 0.5) is 0 Å². The van der Waals surface area contributed by atoms with E-state index in [1.165, 1.54) is 0 Å². The molecule has 0 atom stereocenters. The molecule has 0 rings (SSSR count). The molecule has 0 radical (unpaired) electrons. The molecule has 3 nitrogen and oxygen atoms in total. The van der Waals surface area contributed by atoms with E-state index in [9.17, 15) is 0 Å². The molecular formula is C4H11O3P. The van der Waals surface area contributed by atoms with Gasteiger partial charge in [0.05, 0.1) is 6.61 Å². The SMILES string of the molecule is C=P(O)(O)OCCC. The van der Waals surface area contributed by atoms with Crippen LogP contribution in [0.2, 0.25) is 0 Å². The van der Waals surface area contributed by atoms with Crippen LogP contribution in [0, 0.1) is 0 Å². The highest BCUT2D eigenvalue weighted by atomic mass is 31.2. The zero-order valence-electron chi connectivity index (χ0n) is 4.87. The highest BCUT2D eigenvalue weighted by Gasteiger charge is 2.00. The minimum atomic E-state index is -3.18. The van der Waals surface area contributed by atoms with Crippen molar-refractivity contribution in [3.05, 3.63) is 0 Å². The van der Waals surface area contributed by atoms with Gasteiger partial charge in [0.2, 0.25) is 7.57 Å². The van der Waals surface area contributed by atoms with E-state index in [0.29, 0.717) is 6.61 Å². The minimum absolute atomic E-state index is 0.365. The van der Waals surface area contributed by atoms with Crippen molar-refractivity contribution in [3.63, 3.8) is 0 Å². The summed E-state index contributed by atoms with van der Waals surface area (Å²) < 4.78 is 4.49. The molecule has 0 saturated carbocycles. The third kappa shape index (κ3) is 6.18. The van der Waals surface area contributed by atoms with Gasteiger partial charge in [-0.05, 0) is 12.7 Å². The summed E-state index contributed by atoms with van der Waals surface area (Å²) in [6.07, 6.45) is 3.78. The Morgan fingerprint density at radius 2 is 2.12 bits per heavy atom. The summed E-state index contributed by atoms with van der Waals surface area (Å²) in [7, 11) is -3.18. The second kappa shape index (κ2) is 3.25. The van der Waals surface area contributed by atoms with Gasteiger partial charge < -0.3 is 14.3 Å². The van der Waals surface area contributed by atoms with Gasteiger partial charge in [-0.3, -0.25) is 0 Å². The van der Waals surface area contributed by atoms with E-state index >= 15 is 0 Å². The maximum atomic E-state index is 8.48. The van der Waals surface area contributed by atoms with Crippen LogP contribution in [0.5, 0.6) is 0 Å². The molecule has 0 aliphatic rings. The van der Waals surface area contributed by atoms with Crippen LogP contribution in [-0.4, -0.2) is 22.7 Å². The van der Waals surface area contributed by atoms with E-state index in [2.05, 4.69) is 10.8 Å². The second-order valence-corrected chi connectivity index (χ2v) is 3.09. The minimum Gasteiger partial charge on any atom is -0.333 e. The molecule has 4 heteroatoms. The summed E-state index contributed by atoms with van der Waals surface area (Å²) in [6, 6.07) is 0. The van der Waals surface area contributed by atoms with Gasteiger partial charge in [-0.1, -0.05) is 6.92 Å². The predicted molar refractivity (Wildman–Crippen MR) is 34.7 cm³/mol. The molecule has 0 aliphatic heterocycles. The molecule has 0 aromatic rings. The van der Waals surface area contributed by atoms with Crippen LogP contribution in [0.1, 0.15) is 13.3 Å².